The fourth-order valence-corrected chi connectivity index (χ4v) is 7.62. The predicted octanol–water partition coefficient (Wildman–Crippen LogP) is 3.32. The molecule has 3 heterocycles. The van der Waals surface area contributed by atoms with Gasteiger partial charge < -0.3 is 25.5 Å². The SMILES string of the molecule is CON=C(C(=O)N[C@@H]1C(=O)N2C(C(=O)O)C(=O)CS[C@@H]12)c1csc(NC(c2ccccc2)(c2ccccc2)c2ccccc2)n1. The van der Waals surface area contributed by atoms with E-state index in [1.54, 1.807) is 5.38 Å². The molecule has 2 aliphatic rings. The Labute approximate surface area is 266 Å². The Morgan fingerprint density at radius 2 is 1.51 bits per heavy atom. The van der Waals surface area contributed by atoms with Gasteiger partial charge in [-0.15, -0.1) is 23.1 Å². The first kappa shape index (κ1) is 30.0. The third kappa shape index (κ3) is 5.44. The molecule has 0 radical (unpaired) electrons. The molecule has 6 rings (SSSR count). The summed E-state index contributed by atoms with van der Waals surface area (Å²) >= 11 is 2.38. The number of rotatable bonds is 10. The molecule has 228 valence electrons. The number of carboxylic acid groups (broad SMARTS) is 1. The van der Waals surface area contributed by atoms with Crippen molar-refractivity contribution in [2.75, 3.05) is 18.2 Å². The number of β-lactam (4-membered cyclic amide) rings is 1. The summed E-state index contributed by atoms with van der Waals surface area (Å²) in [5.74, 6) is -3.42. The molecule has 1 unspecified atom stereocenters. The number of aromatic nitrogens is 1. The quantitative estimate of drug-likeness (QED) is 0.0779. The Morgan fingerprint density at radius 3 is 2.02 bits per heavy atom. The molecule has 0 saturated carbocycles. The van der Waals surface area contributed by atoms with Crippen LogP contribution in [0, 0.1) is 0 Å². The van der Waals surface area contributed by atoms with Crippen molar-refractivity contribution >= 4 is 57.5 Å². The fraction of sp³-hybridized carbons (Fsp3) is 0.188. The molecule has 45 heavy (non-hydrogen) atoms. The largest absolute Gasteiger partial charge is 0.479 e. The summed E-state index contributed by atoms with van der Waals surface area (Å²) in [6, 6.07) is 27.3. The predicted molar refractivity (Wildman–Crippen MR) is 170 cm³/mol. The van der Waals surface area contributed by atoms with Crippen LogP contribution in [-0.4, -0.2) is 74.6 Å². The van der Waals surface area contributed by atoms with Gasteiger partial charge in [0.15, 0.2) is 22.7 Å². The van der Waals surface area contributed by atoms with Crippen LogP contribution < -0.4 is 10.6 Å². The molecule has 2 amide bonds. The number of ketones is 1. The monoisotopic (exact) mass is 641 g/mol. The van der Waals surface area contributed by atoms with Crippen molar-refractivity contribution in [1.82, 2.24) is 15.2 Å². The summed E-state index contributed by atoms with van der Waals surface area (Å²) in [4.78, 5) is 60.8. The summed E-state index contributed by atoms with van der Waals surface area (Å²) in [5.41, 5.74) is 2.11. The fourth-order valence-electron chi connectivity index (χ4n) is 5.62. The molecule has 4 aromatic rings. The molecular weight excluding hydrogens is 615 g/mol. The normalized spacial score (nSPS) is 19.7. The minimum absolute atomic E-state index is 0.0795. The zero-order valence-electron chi connectivity index (χ0n) is 23.8. The number of fused-ring (bicyclic) bond motifs is 1. The lowest BCUT2D eigenvalue weighted by Crippen LogP contribution is -2.76. The molecule has 11 nitrogen and oxygen atoms in total. The van der Waals surface area contributed by atoms with Crippen LogP contribution in [0.25, 0.3) is 0 Å². The summed E-state index contributed by atoms with van der Waals surface area (Å²) in [6.45, 7) is 0. The number of benzene rings is 3. The van der Waals surface area contributed by atoms with Gasteiger partial charge in [-0.1, -0.05) is 96.2 Å². The number of carboxylic acids is 1. The number of Topliss-reactive ketones (excluding diaryl/α,β-unsaturated/α-hetero) is 1. The number of oxime groups is 1. The number of hydrogen-bond acceptors (Lipinski definition) is 10. The molecule has 1 aromatic heterocycles. The Balaban J connectivity index is 1.30. The summed E-state index contributed by atoms with van der Waals surface area (Å²) in [6.07, 6.45) is 0. The van der Waals surface area contributed by atoms with E-state index < -0.39 is 46.6 Å². The first-order valence-electron chi connectivity index (χ1n) is 13.9. The molecule has 0 bridgehead atoms. The van der Waals surface area contributed by atoms with E-state index in [1.165, 1.54) is 18.4 Å². The molecular formula is C32H27N5O6S2. The van der Waals surface area contributed by atoms with Crippen LogP contribution in [0.15, 0.2) is 102 Å². The highest BCUT2D eigenvalue weighted by molar-refractivity contribution is 8.00. The minimum Gasteiger partial charge on any atom is -0.479 e. The van der Waals surface area contributed by atoms with Gasteiger partial charge in [0.1, 0.15) is 29.8 Å². The highest BCUT2D eigenvalue weighted by Gasteiger charge is 2.58. The molecule has 13 heteroatoms. The second-order valence-electron chi connectivity index (χ2n) is 10.2. The number of hydrogen-bond donors (Lipinski definition) is 3. The van der Waals surface area contributed by atoms with Crippen LogP contribution >= 0.6 is 23.1 Å². The van der Waals surface area contributed by atoms with Gasteiger partial charge in [0.2, 0.25) is 5.91 Å². The number of amides is 2. The molecule has 3 N–H and O–H groups in total. The van der Waals surface area contributed by atoms with Gasteiger partial charge in [0, 0.05) is 5.38 Å². The molecule has 3 aromatic carbocycles. The van der Waals surface area contributed by atoms with Gasteiger partial charge in [0.05, 0.1) is 5.75 Å². The van der Waals surface area contributed by atoms with Gasteiger partial charge in [-0.05, 0) is 16.7 Å². The molecule has 2 saturated heterocycles. The van der Waals surface area contributed by atoms with Gasteiger partial charge in [-0.25, -0.2) is 9.78 Å². The highest BCUT2D eigenvalue weighted by atomic mass is 32.2. The van der Waals surface area contributed by atoms with Crippen LogP contribution in [0.4, 0.5) is 5.13 Å². The molecule has 0 aliphatic carbocycles. The minimum atomic E-state index is -1.56. The summed E-state index contributed by atoms with van der Waals surface area (Å²) in [5, 5.41) is 21.1. The van der Waals surface area contributed by atoms with Crippen LogP contribution in [0.1, 0.15) is 22.4 Å². The van der Waals surface area contributed by atoms with Gasteiger partial charge >= 0.3 is 5.97 Å². The van der Waals surface area contributed by atoms with Gasteiger partial charge in [0.25, 0.3) is 5.91 Å². The van der Waals surface area contributed by atoms with E-state index in [0.717, 1.165) is 33.4 Å². The van der Waals surface area contributed by atoms with Crippen LogP contribution in [0.3, 0.4) is 0 Å². The molecule has 0 spiro atoms. The van der Waals surface area contributed by atoms with Crippen LogP contribution in [-0.2, 0) is 29.6 Å². The van der Waals surface area contributed by atoms with Crippen molar-refractivity contribution < 1.29 is 29.1 Å². The van der Waals surface area contributed by atoms with Crippen LogP contribution in [0.5, 0.6) is 0 Å². The second-order valence-corrected chi connectivity index (χ2v) is 12.2. The Kier molecular flexibility index (Phi) is 8.37. The first-order valence-corrected chi connectivity index (χ1v) is 15.8. The number of carbonyl (C=O) groups is 4. The topological polar surface area (TPSA) is 150 Å². The number of nitrogens with zero attached hydrogens (tertiary/aromatic N) is 3. The van der Waals surface area contributed by atoms with E-state index in [2.05, 4.69) is 15.8 Å². The van der Waals surface area contributed by atoms with E-state index in [9.17, 15) is 24.3 Å². The first-order chi connectivity index (χ1) is 21.8. The third-order valence-electron chi connectivity index (χ3n) is 7.64. The third-order valence-corrected chi connectivity index (χ3v) is 9.69. The van der Waals surface area contributed by atoms with Crippen LogP contribution in [0.2, 0.25) is 0 Å². The standard InChI is InChI=1S/C32H27N5O6S2/c1-43-36-24(27(39)34-25-28(40)37-26(30(41)42)23(38)18-44-29(25)37)22-17-45-31(33-22)35-32(19-11-5-2-6-12-19,20-13-7-3-8-14-20)21-15-9-4-10-16-21/h2-17,25-26,29H,18H2,1H3,(H,33,35)(H,34,39)(H,41,42)/t25-,26?,29+/m1/s1. The smallest absolute Gasteiger partial charge is 0.334 e. The van der Waals surface area contributed by atoms with E-state index in [-0.39, 0.29) is 17.2 Å². The van der Waals surface area contributed by atoms with Crippen molar-refractivity contribution in [3.05, 3.63) is 119 Å². The lowest BCUT2D eigenvalue weighted by molar-refractivity contribution is -0.165. The summed E-state index contributed by atoms with van der Waals surface area (Å²) in [7, 11) is 1.29. The van der Waals surface area contributed by atoms with E-state index >= 15 is 0 Å². The number of nitrogens with one attached hydrogen (secondary N) is 2. The maximum atomic E-state index is 13.5. The molecule has 2 fully saturated rings. The average molecular weight is 642 g/mol. The lowest BCUT2D eigenvalue weighted by atomic mass is 9.77. The van der Waals surface area contributed by atoms with E-state index in [0.29, 0.717) is 5.13 Å². The summed E-state index contributed by atoms with van der Waals surface area (Å²) < 4.78 is 0. The second kappa shape index (κ2) is 12.5. The maximum absolute atomic E-state index is 13.5. The molecule has 2 aliphatic heterocycles. The number of aliphatic carboxylic acids is 1. The number of anilines is 1. The average Bonchev–Trinajstić information content (AvgIpc) is 3.53. The van der Waals surface area contributed by atoms with Crippen molar-refractivity contribution in [3.8, 4) is 0 Å². The van der Waals surface area contributed by atoms with Gasteiger partial charge in [-0.3, -0.25) is 14.4 Å². The molecule has 3 atom stereocenters. The van der Waals surface area contributed by atoms with Crippen molar-refractivity contribution in [3.63, 3.8) is 0 Å². The highest BCUT2D eigenvalue weighted by Crippen LogP contribution is 2.41. The van der Waals surface area contributed by atoms with Crippen molar-refractivity contribution in [2.45, 2.75) is 23.0 Å². The van der Waals surface area contributed by atoms with E-state index in [1.807, 2.05) is 91.0 Å². The lowest BCUT2D eigenvalue weighted by Gasteiger charge is -2.50. The van der Waals surface area contributed by atoms with E-state index in [4.69, 9.17) is 9.82 Å². The number of thioether (sulfide) groups is 1. The van der Waals surface area contributed by atoms with Gasteiger partial charge in [-0.2, -0.15) is 0 Å². The zero-order valence-corrected chi connectivity index (χ0v) is 25.5. The Bertz CT molecular complexity index is 1670. The number of thiazole rings is 1. The van der Waals surface area contributed by atoms with Crippen molar-refractivity contribution in [1.29, 1.82) is 0 Å². The Morgan fingerprint density at radius 1 is 0.956 bits per heavy atom. The maximum Gasteiger partial charge on any atom is 0.334 e. The van der Waals surface area contributed by atoms with Crippen molar-refractivity contribution in [2.24, 2.45) is 5.16 Å². The Hall–Kier alpha value is -5.01. The number of carbonyl (C=O) groups excluding carboxylic acids is 3. The zero-order chi connectivity index (χ0) is 31.6.